The lowest BCUT2D eigenvalue weighted by Crippen LogP contribution is -2.00. The quantitative estimate of drug-likeness (QED) is 0.472. The van der Waals surface area contributed by atoms with E-state index in [0.29, 0.717) is 12.2 Å². The van der Waals surface area contributed by atoms with E-state index >= 15 is 0 Å². The van der Waals surface area contributed by atoms with Crippen LogP contribution < -0.4 is 0 Å². The molecule has 1 rings (SSSR count). The zero-order chi connectivity index (χ0) is 14.1. The van der Waals surface area contributed by atoms with E-state index in [-0.39, 0.29) is 5.97 Å². The van der Waals surface area contributed by atoms with Crippen molar-refractivity contribution in [3.8, 4) is 11.8 Å². The highest BCUT2D eigenvalue weighted by molar-refractivity contribution is 5.89. The zero-order valence-electron chi connectivity index (χ0n) is 10.8. The highest BCUT2D eigenvalue weighted by Crippen LogP contribution is 2.04. The molecular formula is C15H14O4. The number of benzene rings is 1. The van der Waals surface area contributed by atoms with E-state index in [4.69, 9.17) is 4.74 Å². The summed E-state index contributed by atoms with van der Waals surface area (Å²) < 4.78 is 9.29. The van der Waals surface area contributed by atoms with E-state index in [2.05, 4.69) is 16.6 Å². The summed E-state index contributed by atoms with van der Waals surface area (Å²) >= 11 is 0. The van der Waals surface area contributed by atoms with Crippen molar-refractivity contribution in [1.82, 2.24) is 0 Å². The average Bonchev–Trinajstić information content (AvgIpc) is 2.44. The van der Waals surface area contributed by atoms with Crippen molar-refractivity contribution in [2.24, 2.45) is 0 Å². The molecule has 0 saturated carbocycles. The van der Waals surface area contributed by atoms with Crippen LogP contribution in [-0.2, 0) is 14.3 Å². The van der Waals surface area contributed by atoms with Crippen molar-refractivity contribution < 1.29 is 19.1 Å². The van der Waals surface area contributed by atoms with Crippen LogP contribution in [0.1, 0.15) is 22.8 Å². The summed E-state index contributed by atoms with van der Waals surface area (Å²) in [6.07, 6.45) is 2.69. The van der Waals surface area contributed by atoms with Crippen LogP contribution in [0.5, 0.6) is 0 Å². The molecule has 0 N–H and O–H groups in total. The van der Waals surface area contributed by atoms with Gasteiger partial charge in [-0.1, -0.05) is 11.8 Å². The van der Waals surface area contributed by atoms with Crippen LogP contribution >= 0.6 is 0 Å². The normalized spacial score (nSPS) is 9.58. The molecule has 4 heteroatoms. The first-order chi connectivity index (χ1) is 9.17. The Kier molecular flexibility index (Phi) is 5.90. The lowest BCUT2D eigenvalue weighted by molar-refractivity contribution is -0.137. The van der Waals surface area contributed by atoms with Crippen molar-refractivity contribution >= 4 is 11.9 Å². The molecule has 0 fully saturated rings. The van der Waals surface area contributed by atoms with Crippen LogP contribution in [0.4, 0.5) is 0 Å². The summed E-state index contributed by atoms with van der Waals surface area (Å²) in [6, 6.07) is 6.67. The largest absolute Gasteiger partial charge is 0.465 e. The van der Waals surface area contributed by atoms with E-state index in [0.717, 1.165) is 5.56 Å². The predicted octanol–water partition coefficient (Wildman–Crippen LogP) is 1.94. The van der Waals surface area contributed by atoms with Crippen molar-refractivity contribution in [3.63, 3.8) is 0 Å². The van der Waals surface area contributed by atoms with Crippen molar-refractivity contribution in [1.29, 1.82) is 0 Å². The molecule has 0 aliphatic heterocycles. The molecule has 0 saturated heterocycles. The van der Waals surface area contributed by atoms with Gasteiger partial charge >= 0.3 is 11.9 Å². The molecule has 0 aliphatic rings. The molecule has 98 valence electrons. The van der Waals surface area contributed by atoms with Gasteiger partial charge in [-0.2, -0.15) is 0 Å². The first-order valence-corrected chi connectivity index (χ1v) is 5.70. The van der Waals surface area contributed by atoms with Crippen molar-refractivity contribution in [3.05, 3.63) is 47.5 Å². The highest BCUT2D eigenvalue weighted by Gasteiger charge is 2.02. The molecule has 1 aromatic rings. The smallest absolute Gasteiger partial charge is 0.337 e. The Balaban J connectivity index is 2.64. The Labute approximate surface area is 112 Å². The molecule has 0 spiro atoms. The molecule has 0 heterocycles. The Morgan fingerprint density at radius 3 is 2.53 bits per heavy atom. The fourth-order valence-electron chi connectivity index (χ4n) is 1.23. The molecule has 0 unspecified atom stereocenters. The number of rotatable bonds is 3. The van der Waals surface area contributed by atoms with Gasteiger partial charge in [0, 0.05) is 11.6 Å². The molecule has 0 aliphatic carbocycles. The first kappa shape index (κ1) is 14.5. The Morgan fingerprint density at radius 1 is 1.26 bits per heavy atom. The minimum absolute atomic E-state index is 0.339. The Bertz CT molecular complexity index is 530. The van der Waals surface area contributed by atoms with Crippen LogP contribution in [0.15, 0.2) is 36.4 Å². The SMILES string of the molecule is CCOC(=O)C=CC#Cc1ccc(C(=O)OC)cc1. The zero-order valence-corrected chi connectivity index (χ0v) is 10.8. The van der Waals surface area contributed by atoms with Gasteiger partial charge < -0.3 is 9.47 Å². The monoisotopic (exact) mass is 258 g/mol. The number of carbonyl (C=O) groups is 2. The van der Waals surface area contributed by atoms with Gasteiger partial charge in [-0.3, -0.25) is 0 Å². The third kappa shape index (κ3) is 5.09. The van der Waals surface area contributed by atoms with Crippen LogP contribution in [0.25, 0.3) is 0 Å². The van der Waals surface area contributed by atoms with E-state index < -0.39 is 5.97 Å². The van der Waals surface area contributed by atoms with Crippen LogP contribution in [0, 0.1) is 11.8 Å². The number of hydrogen-bond donors (Lipinski definition) is 0. The maximum absolute atomic E-state index is 11.2. The lowest BCUT2D eigenvalue weighted by atomic mass is 10.1. The number of hydrogen-bond acceptors (Lipinski definition) is 4. The van der Waals surface area contributed by atoms with Crippen LogP contribution in [0.3, 0.4) is 0 Å². The van der Waals surface area contributed by atoms with Gasteiger partial charge in [-0.25, -0.2) is 9.59 Å². The second-order valence-electron chi connectivity index (χ2n) is 3.42. The van der Waals surface area contributed by atoms with E-state index in [1.807, 2.05) is 0 Å². The molecule has 0 bridgehead atoms. The van der Waals surface area contributed by atoms with Gasteiger partial charge in [0.15, 0.2) is 0 Å². The van der Waals surface area contributed by atoms with E-state index in [1.165, 1.54) is 19.3 Å². The fraction of sp³-hybridized carbons (Fsp3) is 0.200. The van der Waals surface area contributed by atoms with Crippen LogP contribution in [0.2, 0.25) is 0 Å². The molecule has 0 amide bonds. The molecular weight excluding hydrogens is 244 g/mol. The predicted molar refractivity (Wildman–Crippen MR) is 70.4 cm³/mol. The lowest BCUT2D eigenvalue weighted by Gasteiger charge is -1.97. The molecule has 19 heavy (non-hydrogen) atoms. The number of methoxy groups -OCH3 is 1. The standard InChI is InChI=1S/C15H14O4/c1-3-19-14(16)7-5-4-6-12-8-10-13(11-9-12)15(17)18-2/h5,7-11H,3H2,1-2H3. The van der Waals surface area contributed by atoms with Gasteiger partial charge in [-0.15, -0.1) is 0 Å². The Morgan fingerprint density at radius 2 is 1.95 bits per heavy atom. The number of esters is 2. The van der Waals surface area contributed by atoms with Gasteiger partial charge in [0.2, 0.25) is 0 Å². The molecule has 1 aromatic carbocycles. The second-order valence-corrected chi connectivity index (χ2v) is 3.42. The number of ether oxygens (including phenoxy) is 2. The minimum atomic E-state index is -0.419. The topological polar surface area (TPSA) is 52.6 Å². The van der Waals surface area contributed by atoms with E-state index in [9.17, 15) is 9.59 Å². The molecule has 4 nitrogen and oxygen atoms in total. The average molecular weight is 258 g/mol. The maximum Gasteiger partial charge on any atom is 0.337 e. The minimum Gasteiger partial charge on any atom is -0.465 e. The third-order valence-electron chi connectivity index (χ3n) is 2.11. The summed E-state index contributed by atoms with van der Waals surface area (Å²) in [4.78, 5) is 22.2. The van der Waals surface area contributed by atoms with Gasteiger partial charge in [-0.05, 0) is 37.3 Å². The maximum atomic E-state index is 11.2. The van der Waals surface area contributed by atoms with Gasteiger partial charge in [0.1, 0.15) is 0 Å². The molecule has 0 radical (unpaired) electrons. The van der Waals surface area contributed by atoms with Crippen LogP contribution in [-0.4, -0.2) is 25.7 Å². The van der Waals surface area contributed by atoms with Gasteiger partial charge in [0.25, 0.3) is 0 Å². The highest BCUT2D eigenvalue weighted by atomic mass is 16.5. The summed E-state index contributed by atoms with van der Waals surface area (Å²) in [5.41, 5.74) is 1.20. The van der Waals surface area contributed by atoms with Crippen molar-refractivity contribution in [2.45, 2.75) is 6.92 Å². The summed E-state index contributed by atoms with van der Waals surface area (Å²) in [5.74, 6) is 4.73. The second kappa shape index (κ2) is 7.72. The summed E-state index contributed by atoms with van der Waals surface area (Å²) in [7, 11) is 1.33. The number of carbonyl (C=O) groups excluding carboxylic acids is 2. The number of allylic oxidation sites excluding steroid dienone is 1. The summed E-state index contributed by atoms with van der Waals surface area (Å²) in [5, 5.41) is 0. The van der Waals surface area contributed by atoms with Gasteiger partial charge in [0.05, 0.1) is 19.3 Å². The fourth-order valence-corrected chi connectivity index (χ4v) is 1.23. The van der Waals surface area contributed by atoms with E-state index in [1.54, 1.807) is 31.2 Å². The molecule has 0 atom stereocenters. The first-order valence-electron chi connectivity index (χ1n) is 5.70. The molecule has 0 aromatic heterocycles. The Hall–Kier alpha value is -2.54. The third-order valence-corrected chi connectivity index (χ3v) is 2.11. The van der Waals surface area contributed by atoms with Crippen molar-refractivity contribution in [2.75, 3.05) is 13.7 Å². The summed E-state index contributed by atoms with van der Waals surface area (Å²) in [6.45, 7) is 2.08.